The third-order valence-corrected chi connectivity index (χ3v) is 6.15. The molecule has 14 heteroatoms. The van der Waals surface area contributed by atoms with Gasteiger partial charge in [-0.1, -0.05) is 23.5 Å². The second-order valence-electron chi connectivity index (χ2n) is 5.50. The van der Waals surface area contributed by atoms with Gasteiger partial charge in [0.05, 0.1) is 9.38 Å². The molecular formula is C15H12BrF3N4O4S2. The quantitative estimate of drug-likeness (QED) is 0.567. The van der Waals surface area contributed by atoms with Crippen LogP contribution in [0.5, 0.6) is 0 Å². The molecule has 0 aliphatic rings. The summed E-state index contributed by atoms with van der Waals surface area (Å²) in [4.78, 5) is 14.5. The standard InChI is InChI=1S/C15H12BrF3N4O4S2/c1-29(26,27)8-4-2-3-7(5-8)13-22-23-14(28-13)11(21-6-9(24)25)10(16)12(20)15(17,18)19/h2-5H,6,20H2,1H3,(H,24,25). The summed E-state index contributed by atoms with van der Waals surface area (Å²) < 4.78 is 61.5. The van der Waals surface area contributed by atoms with Crippen LogP contribution in [-0.2, 0) is 14.6 Å². The van der Waals surface area contributed by atoms with Gasteiger partial charge in [0.25, 0.3) is 0 Å². The maximum atomic E-state index is 12.9. The number of nitrogens with two attached hydrogens (primary N) is 1. The molecule has 0 spiro atoms. The molecule has 0 radical (unpaired) electrons. The molecule has 2 rings (SSSR count). The highest BCUT2D eigenvalue weighted by molar-refractivity contribution is 9.12. The molecule has 1 heterocycles. The third-order valence-electron chi connectivity index (χ3n) is 3.26. The van der Waals surface area contributed by atoms with Gasteiger partial charge in [0, 0.05) is 11.8 Å². The van der Waals surface area contributed by atoms with Crippen molar-refractivity contribution < 1.29 is 31.5 Å². The van der Waals surface area contributed by atoms with Crippen molar-refractivity contribution in [2.45, 2.75) is 11.1 Å². The van der Waals surface area contributed by atoms with E-state index in [4.69, 9.17) is 10.8 Å². The van der Waals surface area contributed by atoms with Crippen LogP contribution in [-0.4, -0.2) is 54.4 Å². The molecule has 0 fully saturated rings. The molecule has 0 saturated carbocycles. The van der Waals surface area contributed by atoms with Crippen LogP contribution >= 0.6 is 27.3 Å². The number of nitrogens with zero attached hydrogens (tertiary/aromatic N) is 3. The zero-order chi connectivity index (χ0) is 22.0. The van der Waals surface area contributed by atoms with E-state index in [1.54, 1.807) is 6.07 Å². The molecule has 2 aromatic rings. The average molecular weight is 513 g/mol. The van der Waals surface area contributed by atoms with E-state index in [-0.39, 0.29) is 14.9 Å². The van der Waals surface area contributed by atoms with Crippen LogP contribution in [0.15, 0.2) is 44.3 Å². The molecule has 0 atom stereocenters. The van der Waals surface area contributed by atoms with Crippen LogP contribution in [0.25, 0.3) is 10.6 Å². The normalized spacial score (nSPS) is 13.9. The Morgan fingerprint density at radius 2 is 2.00 bits per heavy atom. The lowest BCUT2D eigenvalue weighted by Crippen LogP contribution is -2.23. The Morgan fingerprint density at radius 3 is 2.55 bits per heavy atom. The number of carboxylic acids is 1. The number of carboxylic acid groups (broad SMARTS) is 1. The van der Waals surface area contributed by atoms with Crippen molar-refractivity contribution in [1.82, 2.24) is 10.2 Å². The number of benzene rings is 1. The SMILES string of the molecule is CS(=O)(=O)c1cccc(-c2nnc(C(=NCC(=O)O)C(Br)=C(N)C(F)(F)F)s2)c1. The van der Waals surface area contributed by atoms with E-state index in [2.05, 4.69) is 31.1 Å². The van der Waals surface area contributed by atoms with Crippen molar-refractivity contribution in [3.05, 3.63) is 39.5 Å². The lowest BCUT2D eigenvalue weighted by Gasteiger charge is -2.10. The predicted molar refractivity (Wildman–Crippen MR) is 104 cm³/mol. The molecule has 29 heavy (non-hydrogen) atoms. The van der Waals surface area contributed by atoms with Gasteiger partial charge >= 0.3 is 12.1 Å². The molecule has 3 N–H and O–H groups in total. The monoisotopic (exact) mass is 512 g/mol. The number of alkyl halides is 3. The molecule has 0 aliphatic carbocycles. The fourth-order valence-corrected chi connectivity index (χ4v) is 4.12. The molecule has 1 aromatic carbocycles. The molecule has 0 unspecified atom stereocenters. The maximum absolute atomic E-state index is 12.9. The Labute approximate surface area is 175 Å². The van der Waals surface area contributed by atoms with E-state index in [1.807, 2.05) is 0 Å². The van der Waals surface area contributed by atoms with Crippen LogP contribution in [0, 0.1) is 0 Å². The number of aromatic nitrogens is 2. The largest absolute Gasteiger partial charge is 0.480 e. The number of sulfone groups is 1. The molecule has 8 nitrogen and oxygen atoms in total. The van der Waals surface area contributed by atoms with Crippen LogP contribution < -0.4 is 5.73 Å². The fourth-order valence-electron chi connectivity index (χ4n) is 1.92. The second kappa shape index (κ2) is 8.59. The topological polar surface area (TPSA) is 136 Å². The van der Waals surface area contributed by atoms with Crippen LogP contribution in [0.2, 0.25) is 0 Å². The first-order chi connectivity index (χ1) is 13.3. The lowest BCUT2D eigenvalue weighted by atomic mass is 10.2. The Kier molecular flexibility index (Phi) is 6.80. The minimum absolute atomic E-state index is 0.0221. The van der Waals surface area contributed by atoms with E-state index in [9.17, 15) is 26.4 Å². The molecule has 0 bridgehead atoms. The highest BCUT2D eigenvalue weighted by Crippen LogP contribution is 2.32. The fraction of sp³-hybridized carbons (Fsp3) is 0.200. The second-order valence-corrected chi connectivity index (χ2v) is 9.28. The summed E-state index contributed by atoms with van der Waals surface area (Å²) in [5.74, 6) is -1.38. The molecule has 0 saturated heterocycles. The Hall–Kier alpha value is -2.32. The van der Waals surface area contributed by atoms with Gasteiger partial charge in [-0.15, -0.1) is 10.2 Å². The van der Waals surface area contributed by atoms with Gasteiger partial charge in [-0.05, 0) is 28.1 Å². The van der Waals surface area contributed by atoms with Gasteiger partial charge < -0.3 is 10.8 Å². The maximum Gasteiger partial charge on any atom is 0.431 e. The molecular weight excluding hydrogens is 501 g/mol. The number of halogens is 4. The van der Waals surface area contributed by atoms with Gasteiger partial charge in [0.1, 0.15) is 23.0 Å². The van der Waals surface area contributed by atoms with Gasteiger partial charge in [-0.25, -0.2) is 8.42 Å². The predicted octanol–water partition coefficient (Wildman–Crippen LogP) is 2.61. The zero-order valence-corrected chi connectivity index (χ0v) is 17.7. The van der Waals surface area contributed by atoms with E-state index in [0.717, 1.165) is 17.6 Å². The Balaban J connectivity index is 2.55. The number of aliphatic carboxylic acids is 1. The average Bonchev–Trinajstić information content (AvgIpc) is 3.09. The zero-order valence-electron chi connectivity index (χ0n) is 14.4. The summed E-state index contributed by atoms with van der Waals surface area (Å²) in [5.41, 5.74) is 3.50. The Bertz CT molecular complexity index is 1110. The molecule has 0 amide bonds. The van der Waals surface area contributed by atoms with Gasteiger partial charge in [-0.2, -0.15) is 13.2 Å². The highest BCUT2D eigenvalue weighted by atomic mass is 79.9. The Morgan fingerprint density at radius 1 is 1.34 bits per heavy atom. The van der Waals surface area contributed by atoms with Gasteiger partial charge in [0.15, 0.2) is 14.8 Å². The summed E-state index contributed by atoms with van der Waals surface area (Å²) in [5, 5.41) is 16.5. The molecule has 1 aromatic heterocycles. The summed E-state index contributed by atoms with van der Waals surface area (Å²) in [7, 11) is -3.49. The van der Waals surface area contributed by atoms with Crippen molar-refractivity contribution in [2.75, 3.05) is 12.8 Å². The van der Waals surface area contributed by atoms with E-state index in [0.29, 0.717) is 5.56 Å². The van der Waals surface area contributed by atoms with E-state index < -0.39 is 44.4 Å². The summed E-state index contributed by atoms with van der Waals surface area (Å²) in [6.07, 6.45) is -3.86. The minimum Gasteiger partial charge on any atom is -0.480 e. The number of rotatable bonds is 6. The highest BCUT2D eigenvalue weighted by Gasteiger charge is 2.35. The first-order valence-electron chi connectivity index (χ1n) is 7.44. The number of hydrogen-bond donors (Lipinski definition) is 2. The number of hydrogen-bond acceptors (Lipinski definition) is 8. The minimum atomic E-state index is -4.89. The van der Waals surface area contributed by atoms with Crippen molar-refractivity contribution in [2.24, 2.45) is 10.7 Å². The first kappa shape index (κ1) is 23.0. The first-order valence-corrected chi connectivity index (χ1v) is 10.9. The van der Waals surface area contributed by atoms with Crippen LogP contribution in [0.4, 0.5) is 13.2 Å². The lowest BCUT2D eigenvalue weighted by molar-refractivity contribution is -0.135. The smallest absolute Gasteiger partial charge is 0.431 e. The van der Waals surface area contributed by atoms with E-state index >= 15 is 0 Å². The van der Waals surface area contributed by atoms with Crippen molar-refractivity contribution in [1.29, 1.82) is 0 Å². The van der Waals surface area contributed by atoms with Crippen LogP contribution in [0.3, 0.4) is 0 Å². The summed E-state index contributed by atoms with van der Waals surface area (Å²) >= 11 is 3.50. The summed E-state index contributed by atoms with van der Waals surface area (Å²) in [6, 6.07) is 5.73. The van der Waals surface area contributed by atoms with Gasteiger partial charge in [0.2, 0.25) is 0 Å². The number of aliphatic imine (C=N–C) groups is 1. The van der Waals surface area contributed by atoms with Gasteiger partial charge in [-0.3, -0.25) is 9.79 Å². The van der Waals surface area contributed by atoms with Crippen LogP contribution in [0.1, 0.15) is 5.01 Å². The third kappa shape index (κ3) is 5.83. The van der Waals surface area contributed by atoms with Crippen molar-refractivity contribution in [3.63, 3.8) is 0 Å². The number of allylic oxidation sites excluding steroid dienone is 2. The molecule has 0 aliphatic heterocycles. The van der Waals surface area contributed by atoms with Crippen molar-refractivity contribution in [3.8, 4) is 10.6 Å². The summed E-state index contributed by atoms with van der Waals surface area (Å²) in [6.45, 7) is -0.825. The molecule has 156 valence electrons. The van der Waals surface area contributed by atoms with Crippen molar-refractivity contribution >= 4 is 48.8 Å². The van der Waals surface area contributed by atoms with E-state index in [1.165, 1.54) is 18.2 Å². The number of carbonyl (C=O) groups is 1.